The Morgan fingerprint density at radius 1 is 1.20 bits per heavy atom. The van der Waals surface area contributed by atoms with Gasteiger partial charge in [0.15, 0.2) is 0 Å². The number of carbonyl (C=O) groups is 1. The Labute approximate surface area is 153 Å². The molecule has 1 aliphatic heterocycles. The molecule has 3 rings (SSSR count). The number of halogens is 1. The standard InChI is InChI=1S/C17H17BrN4O3/c18-14-4-2-1-3-13(14)17(23)20-12-5-6-15(16(11-12)22(24)25)21-9-7-19-8-10-21/h1-6,11,19H,7-10H2,(H,20,23). The highest BCUT2D eigenvalue weighted by molar-refractivity contribution is 9.10. The average Bonchev–Trinajstić information content (AvgIpc) is 2.62. The van der Waals surface area contributed by atoms with Crippen LogP contribution >= 0.6 is 15.9 Å². The van der Waals surface area contributed by atoms with Crippen molar-refractivity contribution in [3.63, 3.8) is 0 Å². The van der Waals surface area contributed by atoms with Crippen molar-refractivity contribution in [2.24, 2.45) is 0 Å². The number of amides is 1. The predicted octanol–water partition coefficient (Wildman–Crippen LogP) is 3.02. The van der Waals surface area contributed by atoms with Crippen molar-refractivity contribution in [1.29, 1.82) is 0 Å². The lowest BCUT2D eigenvalue weighted by atomic mass is 10.1. The van der Waals surface area contributed by atoms with E-state index in [2.05, 4.69) is 26.6 Å². The Bertz CT molecular complexity index is 806. The van der Waals surface area contributed by atoms with Crippen LogP contribution < -0.4 is 15.5 Å². The molecule has 2 aromatic carbocycles. The fraction of sp³-hybridized carbons (Fsp3) is 0.235. The molecule has 0 aliphatic carbocycles. The van der Waals surface area contributed by atoms with Crippen LogP contribution in [0.4, 0.5) is 17.1 Å². The number of nitro groups is 1. The molecule has 0 aromatic heterocycles. The first-order valence-electron chi connectivity index (χ1n) is 7.86. The summed E-state index contributed by atoms with van der Waals surface area (Å²) < 4.78 is 0.666. The van der Waals surface area contributed by atoms with Crippen LogP contribution in [-0.4, -0.2) is 37.0 Å². The van der Waals surface area contributed by atoms with Gasteiger partial charge in [0.05, 0.1) is 10.5 Å². The fourth-order valence-corrected chi connectivity index (χ4v) is 3.23. The van der Waals surface area contributed by atoms with Crippen LogP contribution in [0.1, 0.15) is 10.4 Å². The molecule has 1 saturated heterocycles. The molecule has 0 bridgehead atoms. The summed E-state index contributed by atoms with van der Waals surface area (Å²) >= 11 is 3.33. The second kappa shape index (κ2) is 7.62. The highest BCUT2D eigenvalue weighted by Gasteiger charge is 2.22. The lowest BCUT2D eigenvalue weighted by Gasteiger charge is -2.29. The van der Waals surface area contributed by atoms with Gasteiger partial charge in [-0.2, -0.15) is 0 Å². The molecule has 1 heterocycles. The average molecular weight is 405 g/mol. The third kappa shape index (κ3) is 3.97. The summed E-state index contributed by atoms with van der Waals surface area (Å²) in [6.45, 7) is 3.00. The summed E-state index contributed by atoms with van der Waals surface area (Å²) in [6, 6.07) is 11.8. The van der Waals surface area contributed by atoms with Crippen LogP contribution in [0.15, 0.2) is 46.9 Å². The van der Waals surface area contributed by atoms with Gasteiger partial charge in [0.2, 0.25) is 0 Å². The van der Waals surface area contributed by atoms with E-state index in [1.807, 2.05) is 11.0 Å². The molecule has 0 saturated carbocycles. The fourth-order valence-electron chi connectivity index (χ4n) is 2.76. The van der Waals surface area contributed by atoms with Gasteiger partial charge in [0, 0.05) is 42.4 Å². The van der Waals surface area contributed by atoms with Gasteiger partial charge in [-0.1, -0.05) is 12.1 Å². The van der Waals surface area contributed by atoms with Crippen molar-refractivity contribution in [1.82, 2.24) is 5.32 Å². The van der Waals surface area contributed by atoms with Gasteiger partial charge in [-0.15, -0.1) is 0 Å². The van der Waals surface area contributed by atoms with Crippen LogP contribution in [0, 0.1) is 10.1 Å². The van der Waals surface area contributed by atoms with E-state index in [0.29, 0.717) is 34.5 Å². The zero-order chi connectivity index (χ0) is 17.8. The van der Waals surface area contributed by atoms with Crippen LogP contribution in [0.5, 0.6) is 0 Å². The summed E-state index contributed by atoms with van der Waals surface area (Å²) in [5, 5.41) is 17.4. The lowest BCUT2D eigenvalue weighted by Crippen LogP contribution is -2.43. The van der Waals surface area contributed by atoms with E-state index in [1.54, 1.807) is 30.3 Å². The van der Waals surface area contributed by atoms with Gasteiger partial charge in [-0.3, -0.25) is 14.9 Å². The first-order valence-corrected chi connectivity index (χ1v) is 8.65. The number of rotatable bonds is 4. The molecule has 1 aliphatic rings. The van der Waals surface area contributed by atoms with E-state index in [-0.39, 0.29) is 11.6 Å². The number of benzene rings is 2. The number of hydrogen-bond acceptors (Lipinski definition) is 5. The van der Waals surface area contributed by atoms with Gasteiger partial charge >= 0.3 is 0 Å². The van der Waals surface area contributed by atoms with E-state index in [0.717, 1.165) is 13.1 Å². The van der Waals surface area contributed by atoms with Crippen molar-refractivity contribution in [2.75, 3.05) is 36.4 Å². The Morgan fingerprint density at radius 3 is 2.60 bits per heavy atom. The molecular weight excluding hydrogens is 388 g/mol. The van der Waals surface area contributed by atoms with Gasteiger partial charge in [0.1, 0.15) is 5.69 Å². The molecule has 8 heteroatoms. The Balaban J connectivity index is 1.85. The third-order valence-corrected chi connectivity index (χ3v) is 4.70. The van der Waals surface area contributed by atoms with Gasteiger partial charge in [-0.25, -0.2) is 0 Å². The maximum absolute atomic E-state index is 12.4. The van der Waals surface area contributed by atoms with Gasteiger partial charge < -0.3 is 15.5 Å². The minimum atomic E-state index is -0.411. The van der Waals surface area contributed by atoms with E-state index in [9.17, 15) is 14.9 Å². The maximum Gasteiger partial charge on any atom is 0.294 e. The smallest absolute Gasteiger partial charge is 0.294 e. The number of nitro benzene ring substituents is 1. The summed E-state index contributed by atoms with van der Waals surface area (Å²) in [5.41, 5.74) is 1.43. The zero-order valence-corrected chi connectivity index (χ0v) is 15.0. The number of carbonyl (C=O) groups excluding carboxylic acids is 1. The highest BCUT2D eigenvalue weighted by atomic mass is 79.9. The molecule has 0 atom stereocenters. The summed E-state index contributed by atoms with van der Waals surface area (Å²) in [4.78, 5) is 25.4. The van der Waals surface area contributed by atoms with E-state index in [4.69, 9.17) is 0 Å². The number of anilines is 2. The van der Waals surface area contributed by atoms with E-state index < -0.39 is 4.92 Å². The van der Waals surface area contributed by atoms with Gasteiger partial charge in [-0.05, 0) is 40.2 Å². The lowest BCUT2D eigenvalue weighted by molar-refractivity contribution is -0.384. The molecule has 0 unspecified atom stereocenters. The molecule has 25 heavy (non-hydrogen) atoms. The maximum atomic E-state index is 12.4. The minimum absolute atomic E-state index is 0.00757. The Kier molecular flexibility index (Phi) is 5.30. The van der Waals surface area contributed by atoms with Crippen LogP contribution in [-0.2, 0) is 0 Å². The molecule has 2 N–H and O–H groups in total. The zero-order valence-electron chi connectivity index (χ0n) is 13.4. The third-order valence-electron chi connectivity index (χ3n) is 4.01. The summed E-state index contributed by atoms with van der Waals surface area (Å²) in [7, 11) is 0. The topological polar surface area (TPSA) is 87.5 Å². The molecule has 2 aromatic rings. The van der Waals surface area contributed by atoms with Crippen molar-refractivity contribution in [3.8, 4) is 0 Å². The first-order chi connectivity index (χ1) is 12.1. The van der Waals surface area contributed by atoms with Crippen LogP contribution in [0.3, 0.4) is 0 Å². The molecule has 1 fully saturated rings. The SMILES string of the molecule is O=C(Nc1ccc(N2CCNCC2)c([N+](=O)[O-])c1)c1ccccc1Br. The Hall–Kier alpha value is -2.45. The normalized spacial score (nSPS) is 14.2. The molecule has 0 radical (unpaired) electrons. The number of piperazine rings is 1. The Morgan fingerprint density at radius 2 is 1.92 bits per heavy atom. The molecule has 0 spiro atoms. The molecule has 130 valence electrons. The van der Waals surface area contributed by atoms with Crippen molar-refractivity contribution < 1.29 is 9.72 Å². The highest BCUT2D eigenvalue weighted by Crippen LogP contribution is 2.31. The molecular formula is C17H17BrN4O3. The van der Waals surface area contributed by atoms with Crippen molar-refractivity contribution >= 4 is 38.9 Å². The number of nitrogens with one attached hydrogen (secondary N) is 2. The monoisotopic (exact) mass is 404 g/mol. The van der Waals surface area contributed by atoms with Crippen LogP contribution in [0.25, 0.3) is 0 Å². The summed E-state index contributed by atoms with van der Waals surface area (Å²) in [6.07, 6.45) is 0. The first kappa shape index (κ1) is 17.4. The quantitative estimate of drug-likeness (QED) is 0.603. The van der Waals surface area contributed by atoms with Crippen molar-refractivity contribution in [3.05, 3.63) is 62.6 Å². The molecule has 1 amide bonds. The number of nitrogens with zero attached hydrogens (tertiary/aromatic N) is 2. The van der Waals surface area contributed by atoms with Gasteiger partial charge in [0.25, 0.3) is 11.6 Å². The van der Waals surface area contributed by atoms with E-state index >= 15 is 0 Å². The number of hydrogen-bond donors (Lipinski definition) is 2. The van der Waals surface area contributed by atoms with Crippen LogP contribution in [0.2, 0.25) is 0 Å². The predicted molar refractivity (Wildman–Crippen MR) is 100 cm³/mol. The largest absolute Gasteiger partial charge is 0.363 e. The minimum Gasteiger partial charge on any atom is -0.363 e. The van der Waals surface area contributed by atoms with Crippen molar-refractivity contribution in [2.45, 2.75) is 0 Å². The second-order valence-electron chi connectivity index (χ2n) is 5.63. The second-order valence-corrected chi connectivity index (χ2v) is 6.49. The summed E-state index contributed by atoms with van der Waals surface area (Å²) in [5.74, 6) is -0.323. The molecule has 7 nitrogen and oxygen atoms in total. The van der Waals surface area contributed by atoms with E-state index in [1.165, 1.54) is 6.07 Å².